The third kappa shape index (κ3) is 4.58. The summed E-state index contributed by atoms with van der Waals surface area (Å²) in [7, 11) is 0. The zero-order valence-electron chi connectivity index (χ0n) is 12.5. The van der Waals surface area contributed by atoms with Crippen molar-refractivity contribution in [2.24, 2.45) is 0 Å². The molecule has 3 nitrogen and oxygen atoms in total. The number of aliphatic hydroxyl groups excluding tert-OH is 2. The highest BCUT2D eigenvalue weighted by Crippen LogP contribution is 2.22. The van der Waals surface area contributed by atoms with Gasteiger partial charge in [0.25, 0.3) is 0 Å². The van der Waals surface area contributed by atoms with Gasteiger partial charge in [0.15, 0.2) is 0 Å². The zero-order chi connectivity index (χ0) is 14.4. The van der Waals surface area contributed by atoms with E-state index in [0.717, 1.165) is 25.1 Å². The quantitative estimate of drug-likeness (QED) is 0.869. The van der Waals surface area contributed by atoms with E-state index in [0.29, 0.717) is 6.04 Å². The lowest BCUT2D eigenvalue weighted by Crippen LogP contribution is -2.36. The summed E-state index contributed by atoms with van der Waals surface area (Å²) < 4.78 is 0. The number of aliphatic hydroxyl groups is 2. The molecule has 2 rings (SSSR count). The molecule has 3 heteroatoms. The monoisotopic (exact) mass is 277 g/mol. The van der Waals surface area contributed by atoms with Crippen molar-refractivity contribution in [3.63, 3.8) is 0 Å². The largest absolute Gasteiger partial charge is 0.393 e. The van der Waals surface area contributed by atoms with Crippen molar-refractivity contribution in [2.75, 3.05) is 6.54 Å². The first kappa shape index (κ1) is 15.5. The van der Waals surface area contributed by atoms with Crippen LogP contribution in [0.3, 0.4) is 0 Å². The van der Waals surface area contributed by atoms with E-state index in [1.54, 1.807) is 0 Å². The lowest BCUT2D eigenvalue weighted by atomic mass is 10.0. The van der Waals surface area contributed by atoms with Crippen LogP contribution in [-0.4, -0.2) is 33.8 Å². The maximum atomic E-state index is 9.69. The Hall–Kier alpha value is -0.900. The van der Waals surface area contributed by atoms with Gasteiger partial charge in [0.2, 0.25) is 0 Å². The van der Waals surface area contributed by atoms with E-state index < -0.39 is 0 Å². The second-order valence-corrected chi connectivity index (χ2v) is 6.03. The summed E-state index contributed by atoms with van der Waals surface area (Å²) in [6.45, 7) is 4.07. The van der Waals surface area contributed by atoms with Crippen molar-refractivity contribution in [1.82, 2.24) is 4.90 Å². The molecule has 0 spiro atoms. The van der Waals surface area contributed by atoms with Crippen molar-refractivity contribution in [3.05, 3.63) is 35.4 Å². The first-order valence-electron chi connectivity index (χ1n) is 7.80. The highest BCUT2D eigenvalue weighted by molar-refractivity contribution is 5.22. The van der Waals surface area contributed by atoms with Gasteiger partial charge in [-0.15, -0.1) is 0 Å². The summed E-state index contributed by atoms with van der Waals surface area (Å²) in [4.78, 5) is 2.52. The van der Waals surface area contributed by atoms with E-state index in [9.17, 15) is 5.11 Å². The minimum atomic E-state index is -0.225. The van der Waals surface area contributed by atoms with Crippen molar-refractivity contribution in [1.29, 1.82) is 0 Å². The van der Waals surface area contributed by atoms with Crippen LogP contribution in [0.2, 0.25) is 0 Å². The third-order valence-corrected chi connectivity index (χ3v) is 4.20. The smallest absolute Gasteiger partial charge is 0.0681 e. The van der Waals surface area contributed by atoms with Crippen LogP contribution in [0, 0.1) is 0 Å². The fourth-order valence-electron chi connectivity index (χ4n) is 3.09. The zero-order valence-corrected chi connectivity index (χ0v) is 12.5. The molecule has 20 heavy (non-hydrogen) atoms. The molecule has 0 aliphatic carbocycles. The van der Waals surface area contributed by atoms with Gasteiger partial charge in [-0.05, 0) is 43.9 Å². The fourth-order valence-corrected chi connectivity index (χ4v) is 3.09. The maximum absolute atomic E-state index is 9.69. The molecule has 1 fully saturated rings. The van der Waals surface area contributed by atoms with Crippen molar-refractivity contribution in [3.8, 4) is 0 Å². The molecule has 1 aliphatic heterocycles. The molecule has 112 valence electrons. The molecule has 1 saturated heterocycles. The molecule has 1 aromatic rings. The van der Waals surface area contributed by atoms with Gasteiger partial charge in [0.05, 0.1) is 12.7 Å². The Kier molecular flexibility index (Phi) is 6.02. The van der Waals surface area contributed by atoms with E-state index in [-0.39, 0.29) is 12.7 Å². The van der Waals surface area contributed by atoms with Gasteiger partial charge in [0.1, 0.15) is 0 Å². The molecular formula is C17H27NO2. The van der Waals surface area contributed by atoms with Crippen LogP contribution in [0.15, 0.2) is 24.3 Å². The first-order valence-corrected chi connectivity index (χ1v) is 7.80. The summed E-state index contributed by atoms with van der Waals surface area (Å²) in [6.07, 6.45) is 5.67. The molecule has 0 amide bonds. The Balaban J connectivity index is 2.01. The van der Waals surface area contributed by atoms with Crippen molar-refractivity contribution in [2.45, 2.75) is 64.3 Å². The lowest BCUT2D eigenvalue weighted by Gasteiger charge is -2.31. The van der Waals surface area contributed by atoms with E-state index in [4.69, 9.17) is 5.11 Å². The SMILES string of the molecule is CC(O)CC1CCCCCN1Cc1ccc(CO)cc1. The van der Waals surface area contributed by atoms with Crippen LogP contribution >= 0.6 is 0 Å². The molecule has 1 heterocycles. The standard InChI is InChI=1S/C17H27NO2/c1-14(20)11-17-5-3-2-4-10-18(17)12-15-6-8-16(13-19)9-7-15/h6-9,14,17,19-20H,2-5,10-13H2,1H3. The Bertz CT molecular complexity index is 388. The number of hydrogen-bond acceptors (Lipinski definition) is 3. The van der Waals surface area contributed by atoms with E-state index in [1.165, 1.54) is 31.2 Å². The molecule has 0 saturated carbocycles. The van der Waals surface area contributed by atoms with E-state index >= 15 is 0 Å². The molecule has 0 aromatic heterocycles. The number of rotatable bonds is 5. The minimum Gasteiger partial charge on any atom is -0.393 e. The molecule has 1 aliphatic rings. The van der Waals surface area contributed by atoms with Crippen LogP contribution in [-0.2, 0) is 13.2 Å². The van der Waals surface area contributed by atoms with Gasteiger partial charge in [-0.25, -0.2) is 0 Å². The number of hydrogen-bond donors (Lipinski definition) is 2. The summed E-state index contributed by atoms with van der Waals surface area (Å²) >= 11 is 0. The van der Waals surface area contributed by atoms with Crippen LogP contribution in [0.4, 0.5) is 0 Å². The minimum absolute atomic E-state index is 0.106. The second-order valence-electron chi connectivity index (χ2n) is 6.03. The summed E-state index contributed by atoms with van der Waals surface area (Å²) in [5, 5.41) is 18.8. The highest BCUT2D eigenvalue weighted by Gasteiger charge is 2.22. The Morgan fingerprint density at radius 1 is 1.15 bits per heavy atom. The third-order valence-electron chi connectivity index (χ3n) is 4.20. The molecule has 0 radical (unpaired) electrons. The van der Waals surface area contributed by atoms with Crippen LogP contribution in [0.1, 0.15) is 50.2 Å². The highest BCUT2D eigenvalue weighted by atomic mass is 16.3. The topological polar surface area (TPSA) is 43.7 Å². The number of nitrogens with zero attached hydrogens (tertiary/aromatic N) is 1. The molecular weight excluding hydrogens is 250 g/mol. The molecule has 2 atom stereocenters. The average molecular weight is 277 g/mol. The molecule has 1 aromatic carbocycles. The molecule has 0 bridgehead atoms. The Morgan fingerprint density at radius 3 is 2.50 bits per heavy atom. The van der Waals surface area contributed by atoms with Crippen LogP contribution in [0.25, 0.3) is 0 Å². The molecule has 2 N–H and O–H groups in total. The van der Waals surface area contributed by atoms with Crippen LogP contribution in [0.5, 0.6) is 0 Å². The second kappa shape index (κ2) is 7.77. The van der Waals surface area contributed by atoms with Gasteiger partial charge in [0, 0.05) is 12.6 Å². The van der Waals surface area contributed by atoms with Crippen molar-refractivity contribution < 1.29 is 10.2 Å². The number of benzene rings is 1. The van der Waals surface area contributed by atoms with Crippen LogP contribution < -0.4 is 0 Å². The maximum Gasteiger partial charge on any atom is 0.0681 e. The number of likely N-dealkylation sites (tertiary alicyclic amines) is 1. The van der Waals surface area contributed by atoms with Gasteiger partial charge in [-0.3, -0.25) is 4.90 Å². The van der Waals surface area contributed by atoms with Gasteiger partial charge in [-0.1, -0.05) is 37.1 Å². The van der Waals surface area contributed by atoms with Crippen molar-refractivity contribution >= 4 is 0 Å². The Morgan fingerprint density at radius 2 is 1.85 bits per heavy atom. The first-order chi connectivity index (χ1) is 9.69. The van der Waals surface area contributed by atoms with Gasteiger partial charge in [-0.2, -0.15) is 0 Å². The average Bonchev–Trinajstić information content (AvgIpc) is 2.65. The predicted molar refractivity (Wildman–Crippen MR) is 81.3 cm³/mol. The summed E-state index contributed by atoms with van der Waals surface area (Å²) in [6, 6.07) is 8.70. The summed E-state index contributed by atoms with van der Waals surface area (Å²) in [5.74, 6) is 0. The summed E-state index contributed by atoms with van der Waals surface area (Å²) in [5.41, 5.74) is 2.25. The van der Waals surface area contributed by atoms with E-state index in [2.05, 4.69) is 17.0 Å². The molecule has 2 unspecified atom stereocenters. The normalized spacial score (nSPS) is 22.4. The fraction of sp³-hybridized carbons (Fsp3) is 0.647. The van der Waals surface area contributed by atoms with Gasteiger partial charge < -0.3 is 10.2 Å². The van der Waals surface area contributed by atoms with Gasteiger partial charge >= 0.3 is 0 Å². The predicted octanol–water partition coefficient (Wildman–Crippen LogP) is 2.69. The lowest BCUT2D eigenvalue weighted by molar-refractivity contribution is 0.108. The Labute approximate surface area is 122 Å². The van der Waals surface area contributed by atoms with E-state index in [1.807, 2.05) is 19.1 Å².